The predicted molar refractivity (Wildman–Crippen MR) is 85.8 cm³/mol. The summed E-state index contributed by atoms with van der Waals surface area (Å²) in [6.07, 6.45) is 0.802. The first-order chi connectivity index (χ1) is 12.0. The highest BCUT2D eigenvalue weighted by molar-refractivity contribution is 6.44. The van der Waals surface area contributed by atoms with E-state index in [-0.39, 0.29) is 6.54 Å². The van der Waals surface area contributed by atoms with Crippen molar-refractivity contribution in [2.24, 2.45) is 0 Å². The lowest BCUT2D eigenvalue weighted by Crippen LogP contribution is -2.35. The fraction of sp³-hybridized carbons (Fsp3) is 0.375. The van der Waals surface area contributed by atoms with E-state index in [1.54, 1.807) is 19.1 Å². The maximum absolute atomic E-state index is 12.7. The summed E-state index contributed by atoms with van der Waals surface area (Å²) in [7, 11) is 0. The summed E-state index contributed by atoms with van der Waals surface area (Å²) in [5.41, 5.74) is 0.773. The van der Waals surface area contributed by atoms with Crippen LogP contribution in [0.25, 0.3) is 0 Å². The minimum atomic E-state index is -0.862. The molecule has 0 aliphatic carbocycles. The van der Waals surface area contributed by atoms with Gasteiger partial charge in [0.2, 0.25) is 0 Å². The van der Waals surface area contributed by atoms with Crippen LogP contribution in [0.1, 0.15) is 37.7 Å². The molecule has 0 spiro atoms. The van der Waals surface area contributed by atoms with Gasteiger partial charge in [-0.05, 0) is 29.3 Å². The molecule has 1 aliphatic heterocycles. The van der Waals surface area contributed by atoms with Gasteiger partial charge in [-0.3, -0.25) is 9.59 Å². The molecule has 1 saturated heterocycles. The van der Waals surface area contributed by atoms with Crippen LogP contribution < -0.4 is 0 Å². The smallest absolute Gasteiger partial charge is 0.263 e. The monoisotopic (exact) mass is 342 g/mol. The molecule has 9 nitrogen and oxygen atoms in total. The van der Waals surface area contributed by atoms with E-state index < -0.39 is 23.9 Å². The van der Waals surface area contributed by atoms with E-state index >= 15 is 0 Å². The number of rotatable bonds is 6. The zero-order valence-electron chi connectivity index (χ0n) is 14.0. The van der Waals surface area contributed by atoms with Crippen LogP contribution in [0.2, 0.25) is 0 Å². The van der Waals surface area contributed by atoms with Crippen LogP contribution in [-0.4, -0.2) is 47.9 Å². The summed E-state index contributed by atoms with van der Waals surface area (Å²) < 4.78 is 1.52. The fourth-order valence-corrected chi connectivity index (χ4v) is 2.75. The van der Waals surface area contributed by atoms with E-state index in [1.165, 1.54) is 4.68 Å². The third-order valence-electron chi connectivity index (χ3n) is 4.09. The van der Waals surface area contributed by atoms with E-state index in [0.717, 1.165) is 21.8 Å². The average molecular weight is 342 g/mol. The van der Waals surface area contributed by atoms with Gasteiger partial charge >= 0.3 is 17.8 Å². The number of tetrazole rings is 1. The third kappa shape index (κ3) is 3.00. The molecule has 0 bridgehead atoms. The van der Waals surface area contributed by atoms with Gasteiger partial charge < -0.3 is 0 Å². The van der Waals surface area contributed by atoms with Gasteiger partial charge in [-0.15, -0.1) is 5.10 Å². The number of aromatic nitrogens is 4. The number of imide groups is 2. The van der Waals surface area contributed by atoms with Crippen LogP contribution in [0.3, 0.4) is 0 Å². The van der Waals surface area contributed by atoms with Gasteiger partial charge in [-0.2, -0.15) is 0 Å². The van der Waals surface area contributed by atoms with Crippen LogP contribution in [0.4, 0.5) is 4.79 Å². The Kier molecular flexibility index (Phi) is 4.55. The van der Waals surface area contributed by atoms with E-state index in [9.17, 15) is 14.4 Å². The predicted octanol–water partition coefficient (Wildman–Crippen LogP) is 1.14. The second-order valence-electron chi connectivity index (χ2n) is 5.75. The molecule has 1 fully saturated rings. The summed E-state index contributed by atoms with van der Waals surface area (Å²) in [5.74, 6) is -1.33. The van der Waals surface area contributed by atoms with Crippen molar-refractivity contribution in [3.8, 4) is 0 Å². The van der Waals surface area contributed by atoms with Crippen molar-refractivity contribution in [2.45, 2.75) is 39.4 Å². The second kappa shape index (κ2) is 6.80. The van der Waals surface area contributed by atoms with E-state index in [0.29, 0.717) is 12.4 Å². The number of amides is 4. The molecule has 1 aliphatic rings. The van der Waals surface area contributed by atoms with Gasteiger partial charge in [0.15, 0.2) is 5.82 Å². The van der Waals surface area contributed by atoms with Gasteiger partial charge in [0, 0.05) is 6.54 Å². The number of nitrogens with zero attached hydrogens (tertiary/aromatic N) is 6. The zero-order valence-corrected chi connectivity index (χ0v) is 14.0. The maximum Gasteiger partial charge on any atom is 0.335 e. The highest BCUT2D eigenvalue weighted by atomic mass is 16.2. The summed E-state index contributed by atoms with van der Waals surface area (Å²) in [5, 5.41) is 11.2. The molecule has 0 N–H and O–H groups in total. The number of urea groups is 1. The largest absolute Gasteiger partial charge is 0.335 e. The molecule has 0 radical (unpaired) electrons. The molecular weight excluding hydrogens is 324 g/mol. The molecule has 2 heterocycles. The Labute approximate surface area is 144 Å². The number of carbonyl (C=O) groups excluding carboxylic acids is 3. The Morgan fingerprint density at radius 3 is 2.48 bits per heavy atom. The average Bonchev–Trinajstić information content (AvgIpc) is 3.14. The molecule has 25 heavy (non-hydrogen) atoms. The lowest BCUT2D eigenvalue weighted by molar-refractivity contribution is -0.144. The Hall–Kier alpha value is -3.10. The van der Waals surface area contributed by atoms with Crippen molar-refractivity contribution in [1.29, 1.82) is 0 Å². The first-order valence-electron chi connectivity index (χ1n) is 8.03. The highest BCUT2D eigenvalue weighted by Crippen LogP contribution is 2.26. The molecule has 1 aromatic heterocycles. The molecule has 1 unspecified atom stereocenters. The quantitative estimate of drug-likeness (QED) is 0.576. The standard InChI is InChI=1S/C16H18N6O3/c1-3-9-21-13(17-18-19-21)10-20-14(23)15(24)22(16(20)25)11(2)12-7-5-4-6-8-12/h4-8,11H,3,9-10H2,1-2H3. The molecule has 130 valence electrons. The van der Waals surface area contributed by atoms with Crippen molar-refractivity contribution in [3.05, 3.63) is 41.7 Å². The van der Waals surface area contributed by atoms with Crippen LogP contribution >= 0.6 is 0 Å². The van der Waals surface area contributed by atoms with Gasteiger partial charge in [0.05, 0.1) is 12.6 Å². The van der Waals surface area contributed by atoms with E-state index in [1.807, 2.05) is 25.1 Å². The lowest BCUT2D eigenvalue weighted by Gasteiger charge is -2.22. The Morgan fingerprint density at radius 1 is 1.08 bits per heavy atom. The van der Waals surface area contributed by atoms with Gasteiger partial charge in [0.25, 0.3) is 0 Å². The number of hydrogen-bond donors (Lipinski definition) is 0. The Balaban J connectivity index is 1.83. The minimum Gasteiger partial charge on any atom is -0.263 e. The summed E-state index contributed by atoms with van der Waals surface area (Å²) >= 11 is 0. The number of hydrogen-bond acceptors (Lipinski definition) is 6. The van der Waals surface area contributed by atoms with Gasteiger partial charge in [-0.25, -0.2) is 19.3 Å². The zero-order chi connectivity index (χ0) is 18.0. The van der Waals surface area contributed by atoms with Crippen molar-refractivity contribution in [2.75, 3.05) is 0 Å². The van der Waals surface area contributed by atoms with Crippen LogP contribution in [0.15, 0.2) is 30.3 Å². The number of benzene rings is 1. The van der Waals surface area contributed by atoms with E-state index in [2.05, 4.69) is 15.5 Å². The van der Waals surface area contributed by atoms with Crippen molar-refractivity contribution in [1.82, 2.24) is 30.0 Å². The fourth-order valence-electron chi connectivity index (χ4n) is 2.75. The molecule has 2 aromatic rings. The van der Waals surface area contributed by atoms with Crippen LogP contribution in [-0.2, 0) is 22.7 Å². The molecule has 3 rings (SSSR count). The minimum absolute atomic E-state index is 0.131. The molecule has 1 atom stereocenters. The number of carbonyl (C=O) groups is 3. The Bertz CT molecular complexity index is 803. The third-order valence-corrected chi connectivity index (χ3v) is 4.09. The van der Waals surface area contributed by atoms with Crippen molar-refractivity contribution >= 4 is 17.8 Å². The summed E-state index contributed by atoms with van der Waals surface area (Å²) in [6.45, 7) is 4.11. The SMILES string of the molecule is CCCn1nnnc1CN1C(=O)C(=O)N(C(C)c2ccccc2)C1=O. The van der Waals surface area contributed by atoms with Crippen LogP contribution in [0, 0.1) is 0 Å². The first kappa shape index (κ1) is 16.7. The van der Waals surface area contributed by atoms with Crippen molar-refractivity contribution in [3.63, 3.8) is 0 Å². The Morgan fingerprint density at radius 2 is 1.80 bits per heavy atom. The lowest BCUT2D eigenvalue weighted by atomic mass is 10.1. The first-order valence-corrected chi connectivity index (χ1v) is 8.03. The highest BCUT2D eigenvalue weighted by Gasteiger charge is 2.47. The summed E-state index contributed by atoms with van der Waals surface area (Å²) in [6, 6.07) is 7.89. The van der Waals surface area contributed by atoms with Crippen LogP contribution in [0.5, 0.6) is 0 Å². The van der Waals surface area contributed by atoms with E-state index in [4.69, 9.17) is 0 Å². The molecule has 1 aromatic carbocycles. The number of aryl methyl sites for hydroxylation is 1. The second-order valence-corrected chi connectivity index (χ2v) is 5.75. The molecule has 0 saturated carbocycles. The normalized spacial score (nSPS) is 16.0. The summed E-state index contributed by atoms with van der Waals surface area (Å²) in [4.78, 5) is 39.2. The topological polar surface area (TPSA) is 101 Å². The maximum atomic E-state index is 12.7. The molecule has 9 heteroatoms. The van der Waals surface area contributed by atoms with Crippen molar-refractivity contribution < 1.29 is 14.4 Å². The molecule has 4 amide bonds. The molecular formula is C16H18N6O3. The van der Waals surface area contributed by atoms with Gasteiger partial charge in [0.1, 0.15) is 0 Å². The van der Waals surface area contributed by atoms with Gasteiger partial charge in [-0.1, -0.05) is 37.3 Å².